The Morgan fingerprint density at radius 2 is 1.90 bits per heavy atom. The molecule has 0 saturated heterocycles. The molecule has 7 nitrogen and oxygen atoms in total. The summed E-state index contributed by atoms with van der Waals surface area (Å²) in [5.41, 5.74) is 4.41. The molecule has 0 fully saturated rings. The molecule has 20 heavy (non-hydrogen) atoms. The van der Waals surface area contributed by atoms with Crippen LogP contribution in [0.2, 0.25) is 0 Å². The number of nitro groups is 1. The molecule has 0 aliphatic carbocycles. The summed E-state index contributed by atoms with van der Waals surface area (Å²) in [6.07, 6.45) is 0. The molecule has 0 aromatic heterocycles. The Morgan fingerprint density at radius 1 is 1.35 bits per heavy atom. The monoisotopic (exact) mass is 301 g/mol. The molecule has 0 saturated carbocycles. The van der Waals surface area contributed by atoms with Crippen LogP contribution in [0, 0.1) is 15.5 Å². The second kappa shape index (κ2) is 5.37. The van der Waals surface area contributed by atoms with Crippen LogP contribution in [0.25, 0.3) is 0 Å². The van der Waals surface area contributed by atoms with E-state index >= 15 is 0 Å². The second-order valence-corrected chi connectivity index (χ2v) is 7.34. The highest BCUT2D eigenvalue weighted by molar-refractivity contribution is 7.89. The molecule has 8 heteroatoms. The van der Waals surface area contributed by atoms with E-state index in [1.54, 1.807) is 6.92 Å². The Morgan fingerprint density at radius 3 is 2.35 bits per heavy atom. The predicted molar refractivity (Wildman–Crippen MR) is 76.7 cm³/mol. The van der Waals surface area contributed by atoms with Gasteiger partial charge in [0, 0.05) is 6.04 Å². The molecular formula is C12H19N3O4S. The van der Waals surface area contributed by atoms with Crippen molar-refractivity contribution >= 4 is 21.4 Å². The predicted octanol–water partition coefficient (Wildman–Crippen LogP) is 1.89. The highest BCUT2D eigenvalue weighted by Gasteiger charge is 2.32. The van der Waals surface area contributed by atoms with Crippen molar-refractivity contribution in [2.24, 2.45) is 5.41 Å². The summed E-state index contributed by atoms with van der Waals surface area (Å²) >= 11 is 0. The lowest BCUT2D eigenvalue weighted by Crippen LogP contribution is -2.41. The van der Waals surface area contributed by atoms with Crippen LogP contribution in [0.5, 0.6) is 0 Å². The quantitative estimate of drug-likeness (QED) is 0.500. The number of nitrogen functional groups attached to an aromatic ring is 1. The second-order valence-electron chi connectivity index (χ2n) is 5.66. The number of para-hydroxylation sites is 1. The smallest absolute Gasteiger partial charge is 0.312 e. The molecule has 0 amide bonds. The number of nitrogens with two attached hydrogens (primary N) is 1. The summed E-state index contributed by atoms with van der Waals surface area (Å²) in [7, 11) is -4.01. The first-order valence-electron chi connectivity index (χ1n) is 6.02. The van der Waals surface area contributed by atoms with Crippen LogP contribution in [0.1, 0.15) is 27.7 Å². The first kappa shape index (κ1) is 16.4. The highest BCUT2D eigenvalue weighted by Crippen LogP contribution is 2.30. The maximum absolute atomic E-state index is 12.3. The minimum absolute atomic E-state index is 0.179. The van der Waals surface area contributed by atoms with Gasteiger partial charge in [0.05, 0.1) is 4.92 Å². The van der Waals surface area contributed by atoms with E-state index in [0.29, 0.717) is 0 Å². The summed E-state index contributed by atoms with van der Waals surface area (Å²) in [6, 6.07) is 3.45. The van der Waals surface area contributed by atoms with Gasteiger partial charge in [-0.1, -0.05) is 26.8 Å². The first-order chi connectivity index (χ1) is 8.97. The van der Waals surface area contributed by atoms with E-state index in [1.807, 2.05) is 20.8 Å². The summed E-state index contributed by atoms with van der Waals surface area (Å²) in [5.74, 6) is 0. The van der Waals surface area contributed by atoms with Crippen molar-refractivity contribution in [2.45, 2.75) is 38.6 Å². The average Bonchev–Trinajstić information content (AvgIpc) is 2.26. The van der Waals surface area contributed by atoms with Crippen molar-refractivity contribution in [3.8, 4) is 0 Å². The minimum Gasteiger partial charge on any atom is -0.393 e. The van der Waals surface area contributed by atoms with Crippen LogP contribution in [-0.2, 0) is 10.0 Å². The lowest BCUT2D eigenvalue weighted by atomic mass is 9.89. The van der Waals surface area contributed by atoms with Gasteiger partial charge in [0.2, 0.25) is 10.0 Å². The summed E-state index contributed by atoms with van der Waals surface area (Å²) in [5, 5.41) is 11.0. The number of rotatable bonds is 4. The van der Waals surface area contributed by atoms with Gasteiger partial charge in [0.25, 0.3) is 0 Å². The lowest BCUT2D eigenvalue weighted by molar-refractivity contribution is -0.386. The van der Waals surface area contributed by atoms with Gasteiger partial charge in [-0.05, 0) is 24.5 Å². The Bertz CT molecular complexity index is 620. The third-order valence-corrected chi connectivity index (χ3v) is 4.71. The molecule has 0 bridgehead atoms. The molecule has 1 unspecified atom stereocenters. The van der Waals surface area contributed by atoms with Gasteiger partial charge in [-0.2, -0.15) is 0 Å². The Balaban J connectivity index is 3.31. The van der Waals surface area contributed by atoms with Gasteiger partial charge in [-0.3, -0.25) is 10.1 Å². The Labute approximate surface area is 118 Å². The molecule has 0 aliphatic rings. The van der Waals surface area contributed by atoms with E-state index in [-0.39, 0.29) is 11.1 Å². The fourth-order valence-electron chi connectivity index (χ4n) is 1.42. The fourth-order valence-corrected chi connectivity index (χ4v) is 3.08. The molecule has 0 spiro atoms. The zero-order chi connectivity index (χ0) is 15.7. The highest BCUT2D eigenvalue weighted by atomic mass is 32.2. The number of benzene rings is 1. The van der Waals surface area contributed by atoms with Gasteiger partial charge in [0.1, 0.15) is 5.69 Å². The van der Waals surface area contributed by atoms with Crippen molar-refractivity contribution < 1.29 is 13.3 Å². The molecular weight excluding hydrogens is 282 g/mol. The van der Waals surface area contributed by atoms with Gasteiger partial charge < -0.3 is 5.73 Å². The van der Waals surface area contributed by atoms with E-state index in [0.717, 1.165) is 0 Å². The van der Waals surface area contributed by atoms with Crippen molar-refractivity contribution in [1.82, 2.24) is 4.72 Å². The van der Waals surface area contributed by atoms with Crippen LogP contribution in [0.3, 0.4) is 0 Å². The van der Waals surface area contributed by atoms with Crippen molar-refractivity contribution in [3.05, 3.63) is 28.3 Å². The number of sulfonamides is 1. The largest absolute Gasteiger partial charge is 0.393 e. The number of nitrogens with one attached hydrogen (secondary N) is 1. The van der Waals surface area contributed by atoms with Crippen LogP contribution in [0.15, 0.2) is 23.1 Å². The molecule has 112 valence electrons. The minimum atomic E-state index is -4.01. The number of hydrogen-bond donors (Lipinski definition) is 2. The van der Waals surface area contributed by atoms with Crippen molar-refractivity contribution in [3.63, 3.8) is 0 Å². The summed E-state index contributed by atoms with van der Waals surface area (Å²) < 4.78 is 27.0. The normalized spacial score (nSPS) is 14.0. The molecule has 1 aromatic carbocycles. The van der Waals surface area contributed by atoms with E-state index in [9.17, 15) is 18.5 Å². The van der Waals surface area contributed by atoms with Gasteiger partial charge in [-0.15, -0.1) is 0 Å². The van der Waals surface area contributed by atoms with Crippen LogP contribution in [-0.4, -0.2) is 19.4 Å². The zero-order valence-corrected chi connectivity index (χ0v) is 12.7. The fraction of sp³-hybridized carbons (Fsp3) is 0.500. The molecule has 0 aliphatic heterocycles. The molecule has 1 aromatic rings. The van der Waals surface area contributed by atoms with Gasteiger partial charge >= 0.3 is 5.69 Å². The summed E-state index contributed by atoms with van der Waals surface area (Å²) in [4.78, 5) is 9.80. The maximum atomic E-state index is 12.3. The molecule has 3 N–H and O–H groups in total. The summed E-state index contributed by atoms with van der Waals surface area (Å²) in [6.45, 7) is 7.31. The van der Waals surface area contributed by atoms with Crippen LogP contribution in [0.4, 0.5) is 11.4 Å². The standard InChI is InChI=1S/C12H19N3O4S/c1-8(12(2,3)4)14-20(18,19)10-7-5-6-9(13)11(10)15(16)17/h5-8,14H,13H2,1-4H3. The van der Waals surface area contributed by atoms with Crippen LogP contribution < -0.4 is 10.5 Å². The average molecular weight is 301 g/mol. The van der Waals surface area contributed by atoms with Crippen molar-refractivity contribution in [2.75, 3.05) is 5.73 Å². The third-order valence-electron chi connectivity index (χ3n) is 3.13. The Hall–Kier alpha value is -1.67. The van der Waals surface area contributed by atoms with E-state index in [2.05, 4.69) is 4.72 Å². The van der Waals surface area contributed by atoms with E-state index < -0.39 is 31.6 Å². The number of hydrogen-bond acceptors (Lipinski definition) is 5. The van der Waals surface area contributed by atoms with Crippen LogP contribution >= 0.6 is 0 Å². The lowest BCUT2D eigenvalue weighted by Gasteiger charge is -2.27. The zero-order valence-electron chi connectivity index (χ0n) is 11.9. The first-order valence-corrected chi connectivity index (χ1v) is 7.50. The maximum Gasteiger partial charge on any atom is 0.312 e. The number of nitrogens with zero attached hydrogens (tertiary/aromatic N) is 1. The van der Waals surface area contributed by atoms with E-state index in [1.165, 1.54) is 18.2 Å². The Kier molecular flexibility index (Phi) is 4.40. The topological polar surface area (TPSA) is 115 Å². The molecule has 1 atom stereocenters. The molecule has 1 rings (SSSR count). The van der Waals surface area contributed by atoms with Gasteiger partial charge in [0.15, 0.2) is 4.90 Å². The van der Waals surface area contributed by atoms with Crippen molar-refractivity contribution in [1.29, 1.82) is 0 Å². The van der Waals surface area contributed by atoms with E-state index in [4.69, 9.17) is 5.73 Å². The molecule has 0 heterocycles. The molecule has 0 radical (unpaired) electrons. The number of nitro benzene ring substituents is 1. The number of anilines is 1. The third kappa shape index (κ3) is 3.45. The van der Waals surface area contributed by atoms with Gasteiger partial charge in [-0.25, -0.2) is 13.1 Å². The SMILES string of the molecule is CC(NS(=O)(=O)c1cccc(N)c1[N+](=O)[O-])C(C)(C)C.